The van der Waals surface area contributed by atoms with Crippen molar-refractivity contribution < 1.29 is 8.42 Å². The number of aryl methyl sites for hydroxylation is 1. The molecule has 2 rings (SSSR count). The van der Waals surface area contributed by atoms with Crippen LogP contribution in [0.15, 0.2) is 23.1 Å². The van der Waals surface area contributed by atoms with Crippen molar-refractivity contribution in [2.75, 3.05) is 12.3 Å². The van der Waals surface area contributed by atoms with Crippen molar-refractivity contribution in [2.45, 2.75) is 37.6 Å². The Hall–Kier alpha value is -0.870. The Morgan fingerprint density at radius 1 is 1.41 bits per heavy atom. The van der Waals surface area contributed by atoms with Gasteiger partial charge in [-0.1, -0.05) is 24.6 Å². The molecule has 94 valence electrons. The molecule has 0 saturated heterocycles. The van der Waals surface area contributed by atoms with Crippen LogP contribution in [-0.4, -0.2) is 20.7 Å². The lowest BCUT2D eigenvalue weighted by molar-refractivity contribution is 0.508. The van der Waals surface area contributed by atoms with Gasteiger partial charge in [-0.05, 0) is 37.9 Å². The Labute approximate surface area is 103 Å². The summed E-state index contributed by atoms with van der Waals surface area (Å²) < 4.78 is 24.3. The first kappa shape index (κ1) is 12.6. The Morgan fingerprint density at radius 3 is 2.88 bits per heavy atom. The third kappa shape index (κ3) is 2.53. The van der Waals surface area contributed by atoms with Gasteiger partial charge in [-0.25, -0.2) is 8.42 Å². The molecule has 1 unspecified atom stereocenters. The second-order valence-corrected chi connectivity index (χ2v) is 6.69. The molecule has 1 N–H and O–H groups in total. The van der Waals surface area contributed by atoms with Gasteiger partial charge in [0.05, 0.1) is 10.6 Å². The second kappa shape index (κ2) is 4.78. The number of hydrogen-bond acceptors (Lipinski definition) is 3. The molecule has 1 aromatic rings. The highest BCUT2D eigenvalue weighted by atomic mass is 32.2. The van der Waals surface area contributed by atoms with Crippen molar-refractivity contribution in [3.63, 3.8) is 0 Å². The molecule has 0 saturated carbocycles. The Kier molecular flexibility index (Phi) is 3.54. The predicted octanol–water partition coefficient (Wildman–Crippen LogP) is 2.21. The van der Waals surface area contributed by atoms with Gasteiger partial charge in [-0.3, -0.25) is 0 Å². The van der Waals surface area contributed by atoms with E-state index in [4.69, 9.17) is 0 Å². The van der Waals surface area contributed by atoms with Crippen molar-refractivity contribution in [1.29, 1.82) is 0 Å². The third-order valence-electron chi connectivity index (χ3n) is 3.23. The molecule has 1 aliphatic heterocycles. The molecule has 0 aliphatic carbocycles. The minimum absolute atomic E-state index is 0.173. The quantitative estimate of drug-likeness (QED) is 0.879. The normalized spacial score (nSPS) is 22.8. The molecular weight excluding hydrogens is 234 g/mol. The fourth-order valence-electron chi connectivity index (χ4n) is 2.42. The molecule has 3 nitrogen and oxygen atoms in total. The maximum absolute atomic E-state index is 12.1. The first-order valence-corrected chi connectivity index (χ1v) is 7.76. The van der Waals surface area contributed by atoms with Crippen LogP contribution in [0.3, 0.4) is 0 Å². The van der Waals surface area contributed by atoms with Crippen LogP contribution in [0.1, 0.15) is 36.9 Å². The molecule has 0 spiro atoms. The molecule has 1 heterocycles. The second-order valence-electron chi connectivity index (χ2n) is 4.61. The van der Waals surface area contributed by atoms with Crippen LogP contribution in [0.4, 0.5) is 0 Å². The van der Waals surface area contributed by atoms with E-state index in [0.29, 0.717) is 4.90 Å². The fourth-order valence-corrected chi connectivity index (χ4v) is 4.03. The minimum Gasteiger partial charge on any atom is -0.310 e. The van der Waals surface area contributed by atoms with Crippen LogP contribution in [0.5, 0.6) is 0 Å². The predicted molar refractivity (Wildman–Crippen MR) is 68.9 cm³/mol. The minimum atomic E-state index is -3.09. The number of sulfone groups is 1. The molecular formula is C13H19NO2S. The first-order valence-electron chi connectivity index (χ1n) is 6.11. The Balaban J connectivity index is 2.56. The molecule has 1 atom stereocenters. The highest BCUT2D eigenvalue weighted by molar-refractivity contribution is 7.91. The molecule has 1 aliphatic rings. The zero-order valence-electron chi connectivity index (χ0n) is 10.4. The van der Waals surface area contributed by atoms with Crippen LogP contribution in [0.2, 0.25) is 0 Å². The van der Waals surface area contributed by atoms with Gasteiger partial charge in [0.25, 0.3) is 0 Å². The van der Waals surface area contributed by atoms with Crippen LogP contribution in [-0.2, 0) is 9.84 Å². The largest absolute Gasteiger partial charge is 0.310 e. The van der Waals surface area contributed by atoms with Crippen LogP contribution in [0, 0.1) is 6.92 Å². The van der Waals surface area contributed by atoms with Crippen LogP contribution < -0.4 is 5.32 Å². The van der Waals surface area contributed by atoms with Gasteiger partial charge in [0.1, 0.15) is 0 Å². The van der Waals surface area contributed by atoms with Gasteiger partial charge in [0.15, 0.2) is 9.84 Å². The molecule has 4 heteroatoms. The summed E-state index contributed by atoms with van der Waals surface area (Å²) in [6, 6.07) is 5.82. The molecule has 0 radical (unpaired) electrons. The zero-order chi connectivity index (χ0) is 12.5. The van der Waals surface area contributed by atoms with E-state index in [0.717, 1.165) is 30.5 Å². The van der Waals surface area contributed by atoms with E-state index in [1.54, 1.807) is 6.07 Å². The average molecular weight is 253 g/mol. The lowest BCUT2D eigenvalue weighted by Crippen LogP contribution is -2.21. The van der Waals surface area contributed by atoms with E-state index < -0.39 is 9.84 Å². The number of rotatable bonds is 2. The first-order chi connectivity index (χ1) is 8.04. The van der Waals surface area contributed by atoms with E-state index in [1.807, 2.05) is 19.1 Å². The lowest BCUT2D eigenvalue weighted by atomic mass is 10.0. The van der Waals surface area contributed by atoms with Crippen molar-refractivity contribution in [2.24, 2.45) is 0 Å². The molecule has 17 heavy (non-hydrogen) atoms. The van der Waals surface area contributed by atoms with E-state index in [1.165, 1.54) is 0 Å². The maximum Gasteiger partial charge on any atom is 0.178 e. The number of nitrogens with one attached hydrogen (secondary N) is 1. The molecule has 0 aromatic heterocycles. The molecule has 0 fully saturated rings. The van der Waals surface area contributed by atoms with E-state index in [-0.39, 0.29) is 11.8 Å². The van der Waals surface area contributed by atoms with E-state index >= 15 is 0 Å². The van der Waals surface area contributed by atoms with Crippen molar-refractivity contribution in [1.82, 2.24) is 5.32 Å². The summed E-state index contributed by atoms with van der Waals surface area (Å²) >= 11 is 0. The van der Waals surface area contributed by atoms with Gasteiger partial charge < -0.3 is 5.32 Å². The summed E-state index contributed by atoms with van der Waals surface area (Å²) in [7, 11) is -3.09. The van der Waals surface area contributed by atoms with E-state index in [9.17, 15) is 8.42 Å². The van der Waals surface area contributed by atoms with Crippen molar-refractivity contribution in [3.8, 4) is 0 Å². The summed E-state index contributed by atoms with van der Waals surface area (Å²) in [5.74, 6) is 0.269. The van der Waals surface area contributed by atoms with Gasteiger partial charge in [-0.2, -0.15) is 0 Å². The van der Waals surface area contributed by atoms with Crippen molar-refractivity contribution in [3.05, 3.63) is 29.3 Å². The Bertz CT molecular complexity index is 508. The highest BCUT2D eigenvalue weighted by Gasteiger charge is 2.27. The highest BCUT2D eigenvalue weighted by Crippen LogP contribution is 2.31. The van der Waals surface area contributed by atoms with Gasteiger partial charge in [-0.15, -0.1) is 0 Å². The lowest BCUT2D eigenvalue weighted by Gasteiger charge is -2.18. The van der Waals surface area contributed by atoms with Crippen LogP contribution >= 0.6 is 0 Å². The number of hydrogen-bond donors (Lipinski definition) is 1. The number of fused-ring (bicyclic) bond motifs is 1. The van der Waals surface area contributed by atoms with Gasteiger partial charge in [0.2, 0.25) is 0 Å². The molecule has 0 bridgehead atoms. The van der Waals surface area contributed by atoms with Crippen molar-refractivity contribution >= 4 is 9.84 Å². The van der Waals surface area contributed by atoms with Crippen LogP contribution in [0.25, 0.3) is 0 Å². The summed E-state index contributed by atoms with van der Waals surface area (Å²) in [5.41, 5.74) is 2.06. The fraction of sp³-hybridized carbons (Fsp3) is 0.538. The third-order valence-corrected chi connectivity index (χ3v) is 5.10. The summed E-state index contributed by atoms with van der Waals surface area (Å²) in [6.45, 7) is 4.91. The summed E-state index contributed by atoms with van der Waals surface area (Å²) in [5, 5.41) is 3.38. The SMILES string of the molecule is CCNC1CCCS(=O)(=O)c2ccc(C)cc21. The summed E-state index contributed by atoms with van der Waals surface area (Å²) in [4.78, 5) is 0.520. The maximum atomic E-state index is 12.1. The molecule has 0 amide bonds. The summed E-state index contributed by atoms with van der Waals surface area (Å²) in [6.07, 6.45) is 1.62. The van der Waals surface area contributed by atoms with E-state index in [2.05, 4.69) is 12.2 Å². The Morgan fingerprint density at radius 2 is 2.18 bits per heavy atom. The topological polar surface area (TPSA) is 46.2 Å². The monoisotopic (exact) mass is 253 g/mol. The van der Waals surface area contributed by atoms with Gasteiger partial charge >= 0.3 is 0 Å². The molecule has 1 aromatic carbocycles. The standard InChI is InChI=1S/C13H19NO2S/c1-3-14-12-5-4-8-17(15,16)13-7-6-10(2)9-11(12)13/h6-7,9,12,14H,3-5,8H2,1-2H3. The average Bonchev–Trinajstić information content (AvgIpc) is 2.37. The smallest absolute Gasteiger partial charge is 0.178 e. The number of benzene rings is 1. The van der Waals surface area contributed by atoms with Gasteiger partial charge in [0, 0.05) is 6.04 Å². The zero-order valence-corrected chi connectivity index (χ0v) is 11.2.